The minimum atomic E-state index is -0.709. The van der Waals surface area contributed by atoms with Crippen LogP contribution in [0.15, 0.2) is 36.5 Å². The predicted octanol–water partition coefficient (Wildman–Crippen LogP) is 5.66. The molecule has 0 bridgehead atoms. The first-order chi connectivity index (χ1) is 9.77. The molecule has 20 heavy (non-hydrogen) atoms. The average Bonchev–Trinajstić information content (AvgIpc) is 2.43. The van der Waals surface area contributed by atoms with Crippen LogP contribution in [0.5, 0.6) is 0 Å². The highest BCUT2D eigenvalue weighted by atomic mass is 16.4. The van der Waals surface area contributed by atoms with Crippen molar-refractivity contribution in [2.45, 2.75) is 71.1 Å². The van der Waals surface area contributed by atoms with Gasteiger partial charge in [0, 0.05) is 6.42 Å². The number of carboxylic acids is 1. The molecule has 1 N–H and O–H groups in total. The van der Waals surface area contributed by atoms with Crippen LogP contribution in [-0.4, -0.2) is 11.1 Å². The third kappa shape index (κ3) is 16.7. The van der Waals surface area contributed by atoms with Gasteiger partial charge in [-0.05, 0) is 38.5 Å². The van der Waals surface area contributed by atoms with Crippen molar-refractivity contribution in [3.05, 3.63) is 36.5 Å². The molecule has 0 radical (unpaired) electrons. The Labute approximate surface area is 124 Å². The molecule has 0 aromatic heterocycles. The molecule has 0 rings (SSSR count). The normalized spacial score (nSPS) is 12.1. The lowest BCUT2D eigenvalue weighted by atomic mass is 10.1. The largest absolute Gasteiger partial charge is 0.481 e. The molecule has 0 saturated carbocycles. The third-order valence-electron chi connectivity index (χ3n) is 3.03. The van der Waals surface area contributed by atoms with Crippen LogP contribution in [-0.2, 0) is 4.79 Å². The smallest absolute Gasteiger partial charge is 0.303 e. The molecule has 0 aliphatic rings. The fourth-order valence-electron chi connectivity index (χ4n) is 1.84. The van der Waals surface area contributed by atoms with Gasteiger partial charge < -0.3 is 5.11 Å². The number of aliphatic carboxylic acids is 1. The molecule has 0 aromatic rings. The molecule has 0 atom stereocenters. The first kappa shape index (κ1) is 18.7. The number of hydrogen-bond donors (Lipinski definition) is 1. The standard InChI is InChI=1S/C18H30O2/c1-2-3-4-5-6-7-8-9-10-11-12-13-14-15-16-17-18(19)20/h7-8,10-11,13-14H,2-6,9,12,15-17H2,1H3,(H,19,20). The number of unbranched alkanes of at least 4 members (excludes halogenated alkanes) is 5. The van der Waals surface area contributed by atoms with E-state index < -0.39 is 5.97 Å². The Bertz CT molecular complexity index is 301. The molecule has 2 nitrogen and oxygen atoms in total. The number of rotatable bonds is 13. The van der Waals surface area contributed by atoms with Crippen LogP contribution < -0.4 is 0 Å². The minimum Gasteiger partial charge on any atom is -0.481 e. The van der Waals surface area contributed by atoms with E-state index in [0.29, 0.717) is 0 Å². The Balaban J connectivity index is 3.32. The molecule has 0 fully saturated rings. The summed E-state index contributed by atoms with van der Waals surface area (Å²) in [5, 5.41) is 8.48. The Hall–Kier alpha value is -1.31. The van der Waals surface area contributed by atoms with Gasteiger partial charge in [0.2, 0.25) is 0 Å². The second-order valence-electron chi connectivity index (χ2n) is 5.02. The Morgan fingerprint density at radius 1 is 0.800 bits per heavy atom. The maximum absolute atomic E-state index is 10.3. The number of hydrogen-bond acceptors (Lipinski definition) is 1. The third-order valence-corrected chi connectivity index (χ3v) is 3.03. The summed E-state index contributed by atoms with van der Waals surface area (Å²) in [6.07, 6.45) is 23.4. The first-order valence-corrected chi connectivity index (χ1v) is 7.94. The molecular weight excluding hydrogens is 248 g/mol. The lowest BCUT2D eigenvalue weighted by molar-refractivity contribution is -0.137. The molecule has 0 aromatic carbocycles. The predicted molar refractivity (Wildman–Crippen MR) is 86.9 cm³/mol. The second-order valence-corrected chi connectivity index (χ2v) is 5.02. The van der Waals surface area contributed by atoms with Gasteiger partial charge in [0.15, 0.2) is 0 Å². The minimum absolute atomic E-state index is 0.267. The van der Waals surface area contributed by atoms with Crippen molar-refractivity contribution < 1.29 is 9.90 Å². The van der Waals surface area contributed by atoms with E-state index in [-0.39, 0.29) is 6.42 Å². The fourth-order valence-corrected chi connectivity index (χ4v) is 1.84. The van der Waals surface area contributed by atoms with Gasteiger partial charge in [-0.2, -0.15) is 0 Å². The van der Waals surface area contributed by atoms with Crippen LogP contribution in [0.1, 0.15) is 71.1 Å². The van der Waals surface area contributed by atoms with Gasteiger partial charge in [-0.1, -0.05) is 62.6 Å². The van der Waals surface area contributed by atoms with E-state index in [0.717, 1.165) is 25.7 Å². The number of carboxylic acid groups (broad SMARTS) is 1. The second kappa shape index (κ2) is 15.7. The fraction of sp³-hybridized carbons (Fsp3) is 0.611. The Kier molecular flexibility index (Phi) is 14.7. The molecule has 2 heteroatoms. The monoisotopic (exact) mass is 278 g/mol. The highest BCUT2D eigenvalue weighted by molar-refractivity contribution is 5.66. The van der Waals surface area contributed by atoms with Crippen molar-refractivity contribution in [1.82, 2.24) is 0 Å². The summed E-state index contributed by atoms with van der Waals surface area (Å²) >= 11 is 0. The van der Waals surface area contributed by atoms with E-state index in [1.165, 1.54) is 32.1 Å². The number of allylic oxidation sites excluding steroid dienone is 6. The van der Waals surface area contributed by atoms with E-state index in [4.69, 9.17) is 5.11 Å². The van der Waals surface area contributed by atoms with E-state index in [2.05, 4.69) is 43.4 Å². The summed E-state index contributed by atoms with van der Waals surface area (Å²) in [5.41, 5.74) is 0. The summed E-state index contributed by atoms with van der Waals surface area (Å²) in [7, 11) is 0. The first-order valence-electron chi connectivity index (χ1n) is 7.94. The lowest BCUT2D eigenvalue weighted by Crippen LogP contribution is -1.92. The van der Waals surface area contributed by atoms with Crippen molar-refractivity contribution in [1.29, 1.82) is 0 Å². The molecule has 114 valence electrons. The number of carbonyl (C=O) groups is 1. The van der Waals surface area contributed by atoms with Crippen molar-refractivity contribution >= 4 is 5.97 Å². The van der Waals surface area contributed by atoms with E-state index in [1.807, 2.05) is 0 Å². The van der Waals surface area contributed by atoms with Gasteiger partial charge in [0.25, 0.3) is 0 Å². The van der Waals surface area contributed by atoms with Crippen LogP contribution in [0.4, 0.5) is 0 Å². The molecule has 0 aliphatic carbocycles. The van der Waals surface area contributed by atoms with E-state index in [1.54, 1.807) is 0 Å². The van der Waals surface area contributed by atoms with Crippen molar-refractivity contribution in [3.63, 3.8) is 0 Å². The molecule has 0 amide bonds. The van der Waals surface area contributed by atoms with Crippen molar-refractivity contribution in [2.75, 3.05) is 0 Å². The topological polar surface area (TPSA) is 37.3 Å². The maximum atomic E-state index is 10.3. The van der Waals surface area contributed by atoms with Crippen LogP contribution in [0.25, 0.3) is 0 Å². The SMILES string of the molecule is CCCCCCC=CCC=CCC=CCCCC(=O)O. The van der Waals surface area contributed by atoms with Crippen LogP contribution in [0.3, 0.4) is 0 Å². The molecule has 0 heterocycles. The quantitative estimate of drug-likeness (QED) is 0.348. The van der Waals surface area contributed by atoms with Gasteiger partial charge in [-0.3, -0.25) is 4.79 Å². The summed E-state index contributed by atoms with van der Waals surface area (Å²) in [6.45, 7) is 2.24. The van der Waals surface area contributed by atoms with Gasteiger partial charge in [-0.15, -0.1) is 0 Å². The maximum Gasteiger partial charge on any atom is 0.303 e. The zero-order valence-corrected chi connectivity index (χ0v) is 12.9. The molecular formula is C18H30O2. The van der Waals surface area contributed by atoms with Gasteiger partial charge >= 0.3 is 5.97 Å². The molecule has 0 spiro atoms. The summed E-state index contributed by atoms with van der Waals surface area (Å²) in [5.74, 6) is -0.709. The van der Waals surface area contributed by atoms with E-state index >= 15 is 0 Å². The summed E-state index contributed by atoms with van der Waals surface area (Å²) < 4.78 is 0. The van der Waals surface area contributed by atoms with Crippen molar-refractivity contribution in [2.24, 2.45) is 0 Å². The summed E-state index contributed by atoms with van der Waals surface area (Å²) in [4.78, 5) is 10.3. The zero-order valence-electron chi connectivity index (χ0n) is 12.9. The van der Waals surface area contributed by atoms with E-state index in [9.17, 15) is 4.79 Å². The van der Waals surface area contributed by atoms with Gasteiger partial charge in [-0.25, -0.2) is 0 Å². The lowest BCUT2D eigenvalue weighted by Gasteiger charge is -1.93. The van der Waals surface area contributed by atoms with Crippen molar-refractivity contribution in [3.8, 4) is 0 Å². The highest BCUT2D eigenvalue weighted by Gasteiger charge is 1.92. The zero-order chi connectivity index (χ0) is 14.9. The summed E-state index contributed by atoms with van der Waals surface area (Å²) in [6, 6.07) is 0. The van der Waals surface area contributed by atoms with Gasteiger partial charge in [0.1, 0.15) is 0 Å². The Morgan fingerprint density at radius 2 is 1.35 bits per heavy atom. The van der Waals surface area contributed by atoms with Gasteiger partial charge in [0.05, 0.1) is 0 Å². The Morgan fingerprint density at radius 3 is 1.90 bits per heavy atom. The van der Waals surface area contributed by atoms with Crippen LogP contribution in [0, 0.1) is 0 Å². The molecule has 0 aliphatic heterocycles. The highest BCUT2D eigenvalue weighted by Crippen LogP contribution is 2.03. The van der Waals surface area contributed by atoms with Crippen LogP contribution >= 0.6 is 0 Å². The average molecular weight is 278 g/mol. The molecule has 0 unspecified atom stereocenters. The molecule has 0 saturated heterocycles. The van der Waals surface area contributed by atoms with Crippen LogP contribution in [0.2, 0.25) is 0 Å².